The highest BCUT2D eigenvalue weighted by Crippen LogP contribution is 2.28. The molecule has 0 spiro atoms. The summed E-state index contributed by atoms with van der Waals surface area (Å²) in [5.74, 6) is 0.920. The molecule has 0 radical (unpaired) electrons. The molecule has 1 aromatic heterocycles. The van der Waals surface area contributed by atoms with E-state index in [0.29, 0.717) is 28.3 Å². The van der Waals surface area contributed by atoms with Crippen molar-refractivity contribution < 1.29 is 9.13 Å². The maximum absolute atomic E-state index is 13.1. The number of anilines is 1. The van der Waals surface area contributed by atoms with Crippen LogP contribution in [0.15, 0.2) is 29.0 Å². The number of nitrogen functional groups attached to an aromatic ring is 1. The fourth-order valence-corrected chi connectivity index (χ4v) is 1.84. The predicted molar refractivity (Wildman–Crippen MR) is 70.0 cm³/mol. The number of halogens is 2. The molecule has 0 bridgehead atoms. The maximum atomic E-state index is 13.1. The second-order valence-corrected chi connectivity index (χ2v) is 4.43. The number of hydrogen-bond donors (Lipinski definition) is 1. The second kappa shape index (κ2) is 5.30. The van der Waals surface area contributed by atoms with Gasteiger partial charge in [0.15, 0.2) is 0 Å². The Bertz CT molecular complexity index is 577. The lowest BCUT2D eigenvalue weighted by Gasteiger charge is -2.10. The quantitative estimate of drug-likeness (QED) is 0.944. The number of hydrogen-bond acceptors (Lipinski definition) is 4. The van der Waals surface area contributed by atoms with Crippen molar-refractivity contribution in [1.29, 1.82) is 0 Å². The molecule has 0 saturated heterocycles. The summed E-state index contributed by atoms with van der Waals surface area (Å²) in [5, 5.41) is 0. The van der Waals surface area contributed by atoms with Crippen LogP contribution in [0.4, 0.5) is 10.2 Å². The Morgan fingerprint density at radius 3 is 2.83 bits per heavy atom. The first-order chi connectivity index (χ1) is 8.61. The summed E-state index contributed by atoms with van der Waals surface area (Å²) in [4.78, 5) is 7.94. The Morgan fingerprint density at radius 2 is 2.17 bits per heavy atom. The van der Waals surface area contributed by atoms with Crippen LogP contribution in [0.25, 0.3) is 0 Å². The van der Waals surface area contributed by atoms with Gasteiger partial charge in [-0.25, -0.2) is 14.4 Å². The van der Waals surface area contributed by atoms with Crippen LogP contribution < -0.4 is 10.5 Å². The van der Waals surface area contributed by atoms with E-state index in [1.54, 1.807) is 0 Å². The van der Waals surface area contributed by atoms with E-state index in [1.165, 1.54) is 24.5 Å². The van der Waals surface area contributed by atoms with Crippen molar-refractivity contribution in [3.05, 3.63) is 40.4 Å². The molecule has 0 unspecified atom stereocenters. The third-order valence-corrected chi connectivity index (χ3v) is 3.01. The van der Waals surface area contributed by atoms with Gasteiger partial charge in [0.1, 0.15) is 23.7 Å². The van der Waals surface area contributed by atoms with Crippen LogP contribution in [0.3, 0.4) is 0 Å². The van der Waals surface area contributed by atoms with E-state index in [9.17, 15) is 4.39 Å². The largest absolute Gasteiger partial charge is 0.439 e. The summed E-state index contributed by atoms with van der Waals surface area (Å²) in [6.07, 6.45) is 1.99. The lowest BCUT2D eigenvalue weighted by Crippen LogP contribution is -2.01. The van der Waals surface area contributed by atoms with E-state index in [2.05, 4.69) is 25.9 Å². The predicted octanol–water partition coefficient (Wildman–Crippen LogP) is 3.32. The first-order valence-electron chi connectivity index (χ1n) is 5.34. The number of rotatable bonds is 3. The fourth-order valence-electron chi connectivity index (χ4n) is 1.48. The van der Waals surface area contributed by atoms with Gasteiger partial charge in [-0.2, -0.15) is 0 Å². The van der Waals surface area contributed by atoms with Gasteiger partial charge < -0.3 is 10.5 Å². The monoisotopic (exact) mass is 311 g/mol. The summed E-state index contributed by atoms with van der Waals surface area (Å²) in [7, 11) is 0. The molecule has 2 rings (SSSR count). The van der Waals surface area contributed by atoms with Crippen molar-refractivity contribution in [2.24, 2.45) is 0 Å². The fraction of sp³-hybridized carbons (Fsp3) is 0.167. The van der Waals surface area contributed by atoms with Gasteiger partial charge in [0.25, 0.3) is 0 Å². The topological polar surface area (TPSA) is 61.0 Å². The van der Waals surface area contributed by atoms with Gasteiger partial charge in [0.2, 0.25) is 5.88 Å². The zero-order valence-corrected chi connectivity index (χ0v) is 11.2. The molecule has 94 valence electrons. The Balaban J connectivity index is 2.34. The van der Waals surface area contributed by atoms with Crippen LogP contribution in [0.2, 0.25) is 0 Å². The lowest BCUT2D eigenvalue weighted by molar-refractivity contribution is 0.453. The van der Waals surface area contributed by atoms with Crippen molar-refractivity contribution in [3.8, 4) is 11.6 Å². The Hall–Kier alpha value is -1.69. The van der Waals surface area contributed by atoms with Crippen LogP contribution >= 0.6 is 15.9 Å². The van der Waals surface area contributed by atoms with Crippen LogP contribution in [0.1, 0.15) is 12.5 Å². The summed E-state index contributed by atoms with van der Waals surface area (Å²) in [6, 6.07) is 4.38. The van der Waals surface area contributed by atoms with Crippen molar-refractivity contribution in [3.63, 3.8) is 0 Å². The molecule has 6 heteroatoms. The van der Waals surface area contributed by atoms with E-state index in [1.807, 2.05) is 6.92 Å². The van der Waals surface area contributed by atoms with Crippen LogP contribution in [-0.2, 0) is 6.42 Å². The highest BCUT2D eigenvalue weighted by atomic mass is 79.9. The zero-order valence-electron chi connectivity index (χ0n) is 9.65. The van der Waals surface area contributed by atoms with Crippen LogP contribution in [0.5, 0.6) is 11.6 Å². The van der Waals surface area contributed by atoms with Crippen LogP contribution in [0, 0.1) is 5.82 Å². The van der Waals surface area contributed by atoms with Crippen molar-refractivity contribution >= 4 is 21.7 Å². The Kier molecular flexibility index (Phi) is 3.76. The summed E-state index contributed by atoms with van der Waals surface area (Å²) in [6.45, 7) is 1.93. The van der Waals surface area contributed by atoms with Crippen molar-refractivity contribution in [1.82, 2.24) is 9.97 Å². The van der Waals surface area contributed by atoms with Gasteiger partial charge in [-0.1, -0.05) is 6.92 Å². The van der Waals surface area contributed by atoms with E-state index in [0.717, 1.165) is 5.56 Å². The van der Waals surface area contributed by atoms with Gasteiger partial charge in [0.05, 0.1) is 10.0 Å². The van der Waals surface area contributed by atoms with Crippen molar-refractivity contribution in [2.45, 2.75) is 13.3 Å². The molecule has 0 aliphatic carbocycles. The molecule has 0 atom stereocenters. The number of benzene rings is 1. The zero-order chi connectivity index (χ0) is 13.1. The summed E-state index contributed by atoms with van der Waals surface area (Å²) >= 11 is 3.10. The number of aromatic nitrogens is 2. The van der Waals surface area contributed by atoms with Gasteiger partial charge in [-0.3, -0.25) is 0 Å². The minimum Gasteiger partial charge on any atom is -0.439 e. The molecular formula is C12H11BrFN3O. The molecule has 0 fully saturated rings. The minimum atomic E-state index is -0.347. The summed E-state index contributed by atoms with van der Waals surface area (Å²) < 4.78 is 19.0. The normalized spacial score (nSPS) is 10.4. The Labute approximate surface area is 112 Å². The molecule has 18 heavy (non-hydrogen) atoms. The first-order valence-corrected chi connectivity index (χ1v) is 6.13. The van der Waals surface area contributed by atoms with E-state index < -0.39 is 0 Å². The summed E-state index contributed by atoms with van der Waals surface area (Å²) in [5.41, 5.74) is 6.47. The number of nitrogens with zero attached hydrogens (tertiary/aromatic N) is 2. The second-order valence-electron chi connectivity index (χ2n) is 3.57. The third kappa shape index (κ3) is 2.59. The minimum absolute atomic E-state index is 0.333. The smallest absolute Gasteiger partial charge is 0.227 e. The molecule has 1 aromatic carbocycles. The highest BCUT2D eigenvalue weighted by Gasteiger charge is 2.10. The first kappa shape index (κ1) is 12.8. The van der Waals surface area contributed by atoms with E-state index in [4.69, 9.17) is 10.5 Å². The van der Waals surface area contributed by atoms with Gasteiger partial charge in [-0.05, 0) is 40.5 Å². The lowest BCUT2D eigenvalue weighted by atomic mass is 10.2. The molecular weight excluding hydrogens is 301 g/mol. The van der Waals surface area contributed by atoms with E-state index in [-0.39, 0.29) is 5.82 Å². The van der Waals surface area contributed by atoms with Crippen LogP contribution in [-0.4, -0.2) is 9.97 Å². The highest BCUT2D eigenvalue weighted by molar-refractivity contribution is 9.10. The standard InChI is InChI=1S/C12H11BrFN3O/c1-2-8-11(15)16-6-17-12(8)18-7-3-4-10(14)9(13)5-7/h3-6H,2H2,1H3,(H2,15,16,17). The van der Waals surface area contributed by atoms with Gasteiger partial charge >= 0.3 is 0 Å². The van der Waals surface area contributed by atoms with Crippen molar-refractivity contribution in [2.75, 3.05) is 5.73 Å². The van der Waals surface area contributed by atoms with Gasteiger partial charge in [0, 0.05) is 0 Å². The molecule has 2 N–H and O–H groups in total. The SMILES string of the molecule is CCc1c(N)ncnc1Oc1ccc(F)c(Br)c1. The molecule has 0 amide bonds. The average Bonchev–Trinajstić information content (AvgIpc) is 2.34. The van der Waals surface area contributed by atoms with E-state index >= 15 is 0 Å². The molecule has 0 aliphatic rings. The maximum Gasteiger partial charge on any atom is 0.227 e. The third-order valence-electron chi connectivity index (χ3n) is 2.40. The Morgan fingerprint density at radius 1 is 1.39 bits per heavy atom. The molecule has 0 aliphatic heterocycles. The number of nitrogens with two attached hydrogens (primary N) is 1. The molecule has 0 saturated carbocycles. The molecule has 4 nitrogen and oxygen atoms in total. The van der Waals surface area contributed by atoms with Gasteiger partial charge in [-0.15, -0.1) is 0 Å². The average molecular weight is 312 g/mol. The number of ether oxygens (including phenoxy) is 1. The molecule has 1 heterocycles. The molecule has 2 aromatic rings.